The monoisotopic (exact) mass is 194 g/mol. The molecule has 2 nitrogen and oxygen atoms in total. The first-order valence-electron chi connectivity index (χ1n) is 4.18. The van der Waals surface area contributed by atoms with Crippen LogP contribution in [0.25, 0.3) is 11.0 Å². The summed E-state index contributed by atoms with van der Waals surface area (Å²) in [6.07, 6.45) is 0.765. The van der Waals surface area contributed by atoms with Gasteiger partial charge in [-0.2, -0.15) is 8.78 Å². The highest BCUT2D eigenvalue weighted by atomic mass is 19.3. The van der Waals surface area contributed by atoms with Gasteiger partial charge in [-0.15, -0.1) is 0 Å². The topological polar surface area (TPSA) is 17.8 Å². The lowest BCUT2D eigenvalue weighted by Gasteiger charge is -1.97. The third-order valence-corrected chi connectivity index (χ3v) is 1.97. The first kappa shape index (κ1) is 8.87. The number of aromatic nitrogens is 2. The molecule has 72 valence electrons. The van der Waals surface area contributed by atoms with Gasteiger partial charge in [-0.1, -0.05) is 12.1 Å². The summed E-state index contributed by atoms with van der Waals surface area (Å²) < 4.78 is 25.4. The SMILES string of the molecule is FC(F)=CCn1cnc2ccccc21. The van der Waals surface area contributed by atoms with Crippen LogP contribution in [0.3, 0.4) is 0 Å². The maximum Gasteiger partial charge on any atom is 0.268 e. The van der Waals surface area contributed by atoms with E-state index in [1.807, 2.05) is 24.3 Å². The van der Waals surface area contributed by atoms with Crippen LogP contribution in [-0.4, -0.2) is 9.55 Å². The lowest BCUT2D eigenvalue weighted by molar-refractivity contribution is 0.416. The molecule has 14 heavy (non-hydrogen) atoms. The van der Waals surface area contributed by atoms with Crippen LogP contribution < -0.4 is 0 Å². The van der Waals surface area contributed by atoms with E-state index in [2.05, 4.69) is 4.98 Å². The summed E-state index contributed by atoms with van der Waals surface area (Å²) in [5.41, 5.74) is 1.69. The van der Waals surface area contributed by atoms with Gasteiger partial charge in [0.1, 0.15) is 0 Å². The third-order valence-electron chi connectivity index (χ3n) is 1.97. The number of hydrogen-bond acceptors (Lipinski definition) is 1. The Morgan fingerprint density at radius 2 is 2.14 bits per heavy atom. The van der Waals surface area contributed by atoms with Crippen LogP contribution in [0, 0.1) is 0 Å². The van der Waals surface area contributed by atoms with Crippen LogP contribution in [0.1, 0.15) is 0 Å². The summed E-state index contributed by atoms with van der Waals surface area (Å²) in [6.45, 7) is 0.156. The van der Waals surface area contributed by atoms with Crippen LogP contribution >= 0.6 is 0 Å². The highest BCUT2D eigenvalue weighted by Gasteiger charge is 1.99. The lowest BCUT2D eigenvalue weighted by Crippen LogP contribution is -1.92. The fourth-order valence-corrected chi connectivity index (χ4v) is 1.32. The summed E-state index contributed by atoms with van der Waals surface area (Å²) in [5.74, 6) is 0. The van der Waals surface area contributed by atoms with E-state index in [0.717, 1.165) is 17.1 Å². The Morgan fingerprint density at radius 3 is 2.93 bits per heavy atom. The number of hydrogen-bond donors (Lipinski definition) is 0. The van der Waals surface area contributed by atoms with Crippen molar-refractivity contribution in [2.45, 2.75) is 6.54 Å². The van der Waals surface area contributed by atoms with E-state index in [0.29, 0.717) is 0 Å². The summed E-state index contributed by atoms with van der Waals surface area (Å²) in [4.78, 5) is 4.09. The maximum atomic E-state index is 11.9. The summed E-state index contributed by atoms with van der Waals surface area (Å²) in [6, 6.07) is 7.43. The molecule has 1 aromatic heterocycles. The number of rotatable bonds is 2. The molecule has 0 saturated heterocycles. The Balaban J connectivity index is 2.38. The number of allylic oxidation sites excluding steroid dienone is 1. The van der Waals surface area contributed by atoms with Crippen molar-refractivity contribution >= 4 is 11.0 Å². The lowest BCUT2D eigenvalue weighted by atomic mass is 10.3. The second-order valence-electron chi connectivity index (χ2n) is 2.88. The molecule has 0 unspecified atom stereocenters. The van der Waals surface area contributed by atoms with Gasteiger partial charge >= 0.3 is 0 Å². The zero-order valence-electron chi connectivity index (χ0n) is 7.32. The van der Waals surface area contributed by atoms with E-state index in [4.69, 9.17) is 0 Å². The van der Waals surface area contributed by atoms with Crippen LogP contribution in [0.4, 0.5) is 8.78 Å². The number of nitrogens with zero attached hydrogens (tertiary/aromatic N) is 2. The van der Waals surface area contributed by atoms with E-state index in [1.54, 1.807) is 10.9 Å². The van der Waals surface area contributed by atoms with Gasteiger partial charge in [-0.3, -0.25) is 0 Å². The van der Waals surface area contributed by atoms with Gasteiger partial charge in [0.15, 0.2) is 0 Å². The van der Waals surface area contributed by atoms with Crippen LogP contribution in [0.5, 0.6) is 0 Å². The van der Waals surface area contributed by atoms with Crippen molar-refractivity contribution in [2.24, 2.45) is 0 Å². The van der Waals surface area contributed by atoms with Crippen LogP contribution in [-0.2, 0) is 6.54 Å². The van der Waals surface area contributed by atoms with Crippen molar-refractivity contribution in [3.05, 3.63) is 42.7 Å². The molecule has 0 N–H and O–H groups in total. The normalized spacial score (nSPS) is 10.4. The van der Waals surface area contributed by atoms with Crippen LogP contribution in [0.2, 0.25) is 0 Å². The highest BCUT2D eigenvalue weighted by molar-refractivity contribution is 5.74. The van der Waals surface area contributed by atoms with E-state index >= 15 is 0 Å². The molecule has 0 radical (unpaired) electrons. The average Bonchev–Trinajstić information content (AvgIpc) is 2.58. The fourth-order valence-electron chi connectivity index (χ4n) is 1.32. The Hall–Kier alpha value is -1.71. The van der Waals surface area contributed by atoms with Crippen molar-refractivity contribution in [3.63, 3.8) is 0 Å². The Labute approximate surface area is 79.5 Å². The molecule has 4 heteroatoms. The van der Waals surface area contributed by atoms with Gasteiger partial charge in [0.25, 0.3) is 6.08 Å². The van der Waals surface area contributed by atoms with E-state index < -0.39 is 6.08 Å². The molecule has 0 saturated carbocycles. The largest absolute Gasteiger partial charge is 0.326 e. The second-order valence-corrected chi connectivity index (χ2v) is 2.88. The van der Waals surface area contributed by atoms with Gasteiger partial charge in [0, 0.05) is 12.6 Å². The fraction of sp³-hybridized carbons (Fsp3) is 0.100. The molecule has 0 aliphatic carbocycles. The molecule has 1 heterocycles. The molecule has 0 spiro atoms. The zero-order valence-corrected chi connectivity index (χ0v) is 7.32. The Kier molecular flexibility index (Phi) is 2.26. The molecule has 0 fully saturated rings. The standard InChI is InChI=1S/C10H8F2N2/c11-10(12)5-6-14-7-13-8-3-1-2-4-9(8)14/h1-5,7H,6H2. The molecule has 0 bridgehead atoms. The highest BCUT2D eigenvalue weighted by Crippen LogP contribution is 2.12. The van der Waals surface area contributed by atoms with E-state index in [9.17, 15) is 8.78 Å². The molecular formula is C10H8F2N2. The van der Waals surface area contributed by atoms with E-state index in [-0.39, 0.29) is 6.54 Å². The van der Waals surface area contributed by atoms with Gasteiger partial charge in [-0.05, 0) is 12.1 Å². The minimum atomic E-state index is -1.66. The van der Waals surface area contributed by atoms with Gasteiger partial charge in [-0.25, -0.2) is 4.98 Å². The number of imidazole rings is 1. The smallest absolute Gasteiger partial charge is 0.268 e. The van der Waals surface area contributed by atoms with Crippen molar-refractivity contribution in [3.8, 4) is 0 Å². The molecule has 0 amide bonds. The molecule has 1 aromatic carbocycles. The van der Waals surface area contributed by atoms with Gasteiger partial charge in [0.2, 0.25) is 0 Å². The molecule has 0 aliphatic heterocycles. The third kappa shape index (κ3) is 1.64. The average molecular weight is 194 g/mol. The second kappa shape index (κ2) is 3.57. The summed E-state index contributed by atoms with van der Waals surface area (Å²) in [7, 11) is 0. The summed E-state index contributed by atoms with van der Waals surface area (Å²) >= 11 is 0. The van der Waals surface area contributed by atoms with Crippen molar-refractivity contribution in [1.29, 1.82) is 0 Å². The van der Waals surface area contributed by atoms with Crippen molar-refractivity contribution < 1.29 is 8.78 Å². The van der Waals surface area contributed by atoms with Crippen molar-refractivity contribution in [2.75, 3.05) is 0 Å². The molecular weight excluding hydrogens is 186 g/mol. The zero-order chi connectivity index (χ0) is 9.97. The Morgan fingerprint density at radius 1 is 1.36 bits per heavy atom. The molecule has 2 rings (SSSR count). The number of fused-ring (bicyclic) bond motifs is 1. The van der Waals surface area contributed by atoms with Gasteiger partial charge in [0.05, 0.1) is 17.4 Å². The molecule has 0 aliphatic rings. The minimum Gasteiger partial charge on any atom is -0.326 e. The predicted molar refractivity (Wildman–Crippen MR) is 50.0 cm³/mol. The van der Waals surface area contributed by atoms with E-state index in [1.165, 1.54) is 0 Å². The number of halogens is 2. The molecule has 0 atom stereocenters. The first-order chi connectivity index (χ1) is 6.77. The maximum absolute atomic E-state index is 11.9. The minimum absolute atomic E-state index is 0.156. The number of para-hydroxylation sites is 2. The van der Waals surface area contributed by atoms with Crippen molar-refractivity contribution in [1.82, 2.24) is 9.55 Å². The predicted octanol–water partition coefficient (Wildman–Crippen LogP) is 2.82. The van der Waals surface area contributed by atoms with Crippen LogP contribution in [0.15, 0.2) is 42.7 Å². The first-order valence-corrected chi connectivity index (χ1v) is 4.18. The van der Waals surface area contributed by atoms with Gasteiger partial charge < -0.3 is 4.57 Å². The Bertz CT molecular complexity index is 470. The number of benzene rings is 1. The quantitative estimate of drug-likeness (QED) is 0.718. The summed E-state index contributed by atoms with van der Waals surface area (Å²) in [5, 5.41) is 0. The molecule has 2 aromatic rings.